The summed E-state index contributed by atoms with van der Waals surface area (Å²) >= 11 is 0. The normalized spacial score (nSPS) is 17.9. The zero-order valence-corrected chi connectivity index (χ0v) is 43.3. The molecule has 0 radical (unpaired) electrons. The van der Waals surface area contributed by atoms with Crippen LogP contribution in [0.3, 0.4) is 0 Å². The fourth-order valence-electron chi connectivity index (χ4n) is 9.12. The quantitative estimate of drug-likeness (QED) is 0.0691. The second-order valence-electron chi connectivity index (χ2n) is 19.7. The summed E-state index contributed by atoms with van der Waals surface area (Å²) in [4.78, 5) is 57.0. The molecule has 0 spiro atoms. The van der Waals surface area contributed by atoms with E-state index in [4.69, 9.17) is 15.5 Å². The summed E-state index contributed by atoms with van der Waals surface area (Å²) in [5, 5.41) is 26.9. The molecule has 0 unspecified atom stereocenters. The second-order valence-corrected chi connectivity index (χ2v) is 24.6. The van der Waals surface area contributed by atoms with Crippen molar-refractivity contribution in [2.24, 2.45) is 11.8 Å². The molecule has 5 N–H and O–H groups in total. The number of likely N-dealkylation sites (tertiary alicyclic amines) is 2. The van der Waals surface area contributed by atoms with Gasteiger partial charge in [0.1, 0.15) is 11.6 Å². The van der Waals surface area contributed by atoms with E-state index in [1.807, 2.05) is 0 Å². The lowest BCUT2D eigenvalue weighted by molar-refractivity contribution is -0.132. The van der Waals surface area contributed by atoms with Crippen molar-refractivity contribution in [3.63, 3.8) is 0 Å². The number of carbonyl (C=O) groups is 4. The first-order valence-corrected chi connectivity index (χ1v) is 27.6. The largest absolute Gasteiger partial charge is 0.395 e. The monoisotopic (exact) mass is 1060 g/mol. The van der Waals surface area contributed by atoms with Gasteiger partial charge < -0.3 is 19.8 Å². The van der Waals surface area contributed by atoms with E-state index in [9.17, 15) is 44.8 Å². The van der Waals surface area contributed by atoms with Gasteiger partial charge in [-0.25, -0.2) is 46.2 Å². The minimum atomic E-state index is -3.88. The lowest BCUT2D eigenvalue weighted by atomic mass is 9.97. The van der Waals surface area contributed by atoms with E-state index in [0.717, 1.165) is 51.5 Å². The number of β-amino-alcohol motifs (C(OH)–C–C–N with tert-alkyl or cyclic N) is 1. The van der Waals surface area contributed by atoms with Gasteiger partial charge in [0.25, 0.3) is 11.8 Å². The molecule has 2 atom stereocenters. The van der Waals surface area contributed by atoms with E-state index in [1.54, 1.807) is 42.6 Å². The second kappa shape index (κ2) is 22.2. The van der Waals surface area contributed by atoms with Crippen LogP contribution in [-0.4, -0.2) is 166 Å². The molecule has 23 heteroatoms. The third-order valence-electron chi connectivity index (χ3n) is 14.5. The smallest absolute Gasteiger partial charge is 0.328 e. The van der Waals surface area contributed by atoms with Gasteiger partial charge in [0.15, 0.2) is 29.2 Å². The number of fused-ring (bicyclic) bond motifs is 2. The van der Waals surface area contributed by atoms with Gasteiger partial charge in [-0.2, -0.15) is 0 Å². The number of amides is 4. The molecule has 0 bridgehead atoms. The molecule has 4 aromatic rings. The SMILES string of the molecule is CN1CCC(C#Cc2ccc(-c3cc4n(c3)C(=O)N(CC[C@](C)(C(=O)NO)S(C)(=O)=O)C4)c(F)c2)CC1.C[C@@](CCN1Cc2cc(-c3ccc(C#CC4CN(CCO)C4)cc3F)cn2C1=O)(C(=O)NO)S(C)(=O)=O. The average molecular weight is 1060 g/mol. The molecule has 19 nitrogen and oxygen atoms in total. The van der Waals surface area contributed by atoms with Crippen molar-refractivity contribution in [3.8, 4) is 45.9 Å². The summed E-state index contributed by atoms with van der Waals surface area (Å²) < 4.78 is 77.5. The Kier molecular flexibility index (Phi) is 16.6. The number of carbonyl (C=O) groups excluding carboxylic acids is 4. The highest BCUT2D eigenvalue weighted by molar-refractivity contribution is 7.93. The van der Waals surface area contributed by atoms with Crippen molar-refractivity contribution in [1.29, 1.82) is 0 Å². The molecule has 4 aliphatic rings. The fraction of sp³-hybridized carbons (Fsp3) is 0.451. The van der Waals surface area contributed by atoms with Crippen molar-refractivity contribution >= 4 is 43.6 Å². The number of halogens is 2. The number of benzene rings is 2. The van der Waals surface area contributed by atoms with E-state index in [-0.39, 0.29) is 51.5 Å². The number of piperidine rings is 1. The number of hydrogen-bond acceptors (Lipinski definition) is 13. The van der Waals surface area contributed by atoms with Crippen LogP contribution in [0.5, 0.6) is 0 Å². The highest BCUT2D eigenvalue weighted by Crippen LogP contribution is 2.33. The maximum atomic E-state index is 15.0. The first-order valence-electron chi connectivity index (χ1n) is 23.8. The molecule has 0 aliphatic carbocycles. The Morgan fingerprint density at radius 1 is 0.689 bits per heavy atom. The number of hydrogen-bond donors (Lipinski definition) is 5. The molecule has 2 aromatic heterocycles. The number of nitrogens with zero attached hydrogens (tertiary/aromatic N) is 6. The van der Waals surface area contributed by atoms with E-state index >= 15 is 0 Å². The van der Waals surface area contributed by atoms with E-state index in [2.05, 4.69) is 40.5 Å². The summed E-state index contributed by atoms with van der Waals surface area (Å²) in [6.07, 6.45) is 6.49. The third-order valence-corrected chi connectivity index (χ3v) is 18.5. The van der Waals surface area contributed by atoms with Crippen molar-refractivity contribution < 1.29 is 60.3 Å². The van der Waals surface area contributed by atoms with Crippen LogP contribution in [0.15, 0.2) is 60.9 Å². The summed E-state index contributed by atoms with van der Waals surface area (Å²) in [5.41, 5.74) is 6.94. The molecule has 8 rings (SSSR count). The van der Waals surface area contributed by atoms with Gasteiger partial charge in [-0.3, -0.25) is 34.0 Å². The number of aliphatic hydroxyl groups excluding tert-OH is 1. The van der Waals surface area contributed by atoms with E-state index in [1.165, 1.54) is 62.1 Å². The Morgan fingerprint density at radius 2 is 1.11 bits per heavy atom. The van der Waals surface area contributed by atoms with Gasteiger partial charge in [0.2, 0.25) is 0 Å². The van der Waals surface area contributed by atoms with Crippen LogP contribution in [0.25, 0.3) is 22.3 Å². The molecule has 2 fully saturated rings. The van der Waals surface area contributed by atoms with Gasteiger partial charge in [-0.1, -0.05) is 35.8 Å². The summed E-state index contributed by atoms with van der Waals surface area (Å²) in [5.74, 6) is 9.97. The molecule has 2 aromatic carbocycles. The minimum Gasteiger partial charge on any atom is -0.395 e. The van der Waals surface area contributed by atoms with Gasteiger partial charge in [0.05, 0.1) is 19.7 Å². The fourth-order valence-corrected chi connectivity index (χ4v) is 10.8. The topological polar surface area (TPSA) is 244 Å². The number of hydroxylamine groups is 2. The number of rotatable bonds is 14. The Hall–Kier alpha value is -6.44. The molecule has 74 heavy (non-hydrogen) atoms. The highest BCUT2D eigenvalue weighted by atomic mass is 32.2. The Balaban J connectivity index is 0.000000216. The number of sulfone groups is 2. The van der Waals surface area contributed by atoms with Crippen LogP contribution >= 0.6 is 0 Å². The number of aromatic nitrogens is 2. The molecular weight excluding hydrogens is 1000 g/mol. The first-order chi connectivity index (χ1) is 34.9. The minimum absolute atomic E-state index is 0.0220. The van der Waals surface area contributed by atoms with Crippen LogP contribution in [0.2, 0.25) is 0 Å². The predicted octanol–water partition coefficient (Wildman–Crippen LogP) is 3.52. The zero-order chi connectivity index (χ0) is 53.9. The lowest BCUT2D eigenvalue weighted by Crippen LogP contribution is -2.50. The third kappa shape index (κ3) is 11.7. The van der Waals surface area contributed by atoms with Crippen LogP contribution in [-0.2, 0) is 42.4 Å². The van der Waals surface area contributed by atoms with Gasteiger partial charge in [-0.15, -0.1) is 0 Å². The Bertz CT molecular complexity index is 3200. The van der Waals surface area contributed by atoms with Crippen LogP contribution in [0.1, 0.15) is 62.0 Å². The first kappa shape index (κ1) is 55.3. The van der Waals surface area contributed by atoms with Crippen molar-refractivity contribution in [1.82, 2.24) is 39.7 Å². The summed E-state index contributed by atoms with van der Waals surface area (Å²) in [7, 11) is -5.66. The van der Waals surface area contributed by atoms with Gasteiger partial charge in [0, 0.05) is 114 Å². The molecular formula is C51H60F2N8O11S2. The standard InChI is InChI=1S/C26H31FN4O5S.C25H29FN4O6S/c1-26(24(32)28-34,37(3,35)36)10-13-30-17-21-15-20(16-31(21)25(30)33)22-7-6-19(14-23(22)27)5-4-18-8-11-29(2)12-9-18;1-25(23(32)27-34,37(2,35)36)7-8-29-16-20-12-19(15-30(20)24(29)33)21-6-5-17(11-22(21)26)3-4-18-13-28(14-18)9-10-31/h6-7,14-16,18,34H,8-13,17H2,1-3H3,(H,28,32);5-6,11-12,15,18,31,34H,7-10,13-14,16H2,1-2H3,(H,27,32)/t26-;25-/m11/s1. The van der Waals surface area contributed by atoms with Crippen molar-refractivity contribution in [2.75, 3.05) is 72.0 Å². The average Bonchev–Trinajstić information content (AvgIpc) is 4.10. The molecule has 0 saturated carbocycles. The maximum absolute atomic E-state index is 15.0. The van der Waals surface area contributed by atoms with Crippen molar-refractivity contribution in [2.45, 2.75) is 62.1 Å². The van der Waals surface area contributed by atoms with Crippen LogP contribution in [0, 0.1) is 47.2 Å². The molecule has 2 saturated heterocycles. The summed E-state index contributed by atoms with van der Waals surface area (Å²) in [6, 6.07) is 12.2. The molecule has 4 amide bonds. The highest BCUT2D eigenvalue weighted by Gasteiger charge is 2.46. The van der Waals surface area contributed by atoms with Crippen LogP contribution in [0.4, 0.5) is 18.4 Å². The number of nitrogens with one attached hydrogen (secondary N) is 2. The van der Waals surface area contributed by atoms with Gasteiger partial charge in [-0.05, 0) is 96.1 Å². The predicted molar refractivity (Wildman–Crippen MR) is 269 cm³/mol. The zero-order valence-electron chi connectivity index (χ0n) is 41.7. The molecule has 4 aliphatic heterocycles. The lowest BCUT2D eigenvalue weighted by Gasteiger charge is -2.35. The van der Waals surface area contributed by atoms with Gasteiger partial charge >= 0.3 is 12.1 Å². The Morgan fingerprint density at radius 3 is 1.47 bits per heavy atom. The maximum Gasteiger partial charge on any atom is 0.328 e. The van der Waals surface area contributed by atoms with E-state index in [0.29, 0.717) is 57.2 Å². The van der Waals surface area contributed by atoms with E-state index < -0.39 is 64.7 Å². The number of aliphatic hydroxyl groups is 1. The van der Waals surface area contributed by atoms with Crippen molar-refractivity contribution in [3.05, 3.63) is 95.1 Å². The summed E-state index contributed by atoms with van der Waals surface area (Å²) in [6.45, 7) is 7.04. The Labute approximate surface area is 428 Å². The van der Waals surface area contributed by atoms with Crippen LogP contribution < -0.4 is 11.0 Å². The molecule has 396 valence electrons. The molecule has 6 heterocycles.